The van der Waals surface area contributed by atoms with E-state index in [1.165, 1.54) is 5.56 Å². The average Bonchev–Trinajstić information content (AvgIpc) is 2.29. The van der Waals surface area contributed by atoms with Crippen LogP contribution >= 0.6 is 0 Å². The SMILES string of the molecule is Cc1ccccc1N(C)c1ccnc(N)n1. The molecule has 0 aliphatic rings. The van der Waals surface area contributed by atoms with Gasteiger partial charge in [0.1, 0.15) is 5.82 Å². The minimum absolute atomic E-state index is 0.290. The molecule has 1 heterocycles. The van der Waals surface area contributed by atoms with Crippen molar-refractivity contribution in [1.82, 2.24) is 9.97 Å². The zero-order chi connectivity index (χ0) is 11.5. The second kappa shape index (κ2) is 4.18. The highest BCUT2D eigenvalue weighted by Crippen LogP contribution is 2.24. The van der Waals surface area contributed by atoms with Crippen LogP contribution in [0.25, 0.3) is 0 Å². The first-order valence-corrected chi connectivity index (χ1v) is 5.06. The number of aromatic nitrogens is 2. The predicted molar refractivity (Wildman–Crippen MR) is 65.7 cm³/mol. The van der Waals surface area contributed by atoms with Crippen molar-refractivity contribution in [2.75, 3.05) is 17.7 Å². The van der Waals surface area contributed by atoms with Gasteiger partial charge in [0.05, 0.1) is 0 Å². The summed E-state index contributed by atoms with van der Waals surface area (Å²) in [5.41, 5.74) is 7.87. The van der Waals surface area contributed by atoms with Gasteiger partial charge in [-0.2, -0.15) is 4.98 Å². The third-order valence-corrected chi connectivity index (χ3v) is 2.48. The van der Waals surface area contributed by atoms with Crippen molar-refractivity contribution in [3.8, 4) is 0 Å². The standard InChI is InChI=1S/C12H14N4/c1-9-5-3-4-6-10(9)16(2)11-7-8-14-12(13)15-11/h3-8H,1-2H3,(H2,13,14,15). The van der Waals surface area contributed by atoms with Crippen LogP contribution in [0.2, 0.25) is 0 Å². The molecule has 0 unspecified atom stereocenters. The summed E-state index contributed by atoms with van der Waals surface area (Å²) in [6.07, 6.45) is 1.66. The Kier molecular flexibility index (Phi) is 2.72. The largest absolute Gasteiger partial charge is 0.368 e. The number of para-hydroxylation sites is 1. The van der Waals surface area contributed by atoms with Crippen LogP contribution in [-0.2, 0) is 0 Å². The first-order valence-electron chi connectivity index (χ1n) is 5.06. The molecule has 0 bridgehead atoms. The van der Waals surface area contributed by atoms with E-state index < -0.39 is 0 Å². The lowest BCUT2D eigenvalue weighted by Crippen LogP contribution is -2.13. The molecule has 82 valence electrons. The number of rotatable bonds is 2. The van der Waals surface area contributed by atoms with Crippen molar-refractivity contribution in [1.29, 1.82) is 0 Å². The highest BCUT2D eigenvalue weighted by Gasteiger charge is 2.07. The van der Waals surface area contributed by atoms with Crippen molar-refractivity contribution in [3.63, 3.8) is 0 Å². The lowest BCUT2D eigenvalue weighted by atomic mass is 10.2. The molecular weight excluding hydrogens is 200 g/mol. The van der Waals surface area contributed by atoms with Gasteiger partial charge in [-0.1, -0.05) is 18.2 Å². The van der Waals surface area contributed by atoms with E-state index in [-0.39, 0.29) is 5.95 Å². The van der Waals surface area contributed by atoms with Crippen molar-refractivity contribution in [3.05, 3.63) is 42.1 Å². The molecule has 2 rings (SSSR count). The third kappa shape index (κ3) is 1.95. The minimum atomic E-state index is 0.290. The maximum absolute atomic E-state index is 5.56. The monoisotopic (exact) mass is 214 g/mol. The van der Waals surface area contributed by atoms with Gasteiger partial charge < -0.3 is 10.6 Å². The number of hydrogen-bond donors (Lipinski definition) is 1. The van der Waals surface area contributed by atoms with Crippen LogP contribution in [0.1, 0.15) is 5.56 Å². The van der Waals surface area contributed by atoms with Crippen LogP contribution in [0.3, 0.4) is 0 Å². The molecule has 1 aromatic heterocycles. The van der Waals surface area contributed by atoms with Crippen molar-refractivity contribution >= 4 is 17.5 Å². The Hall–Kier alpha value is -2.10. The molecule has 0 saturated carbocycles. The number of nitrogens with two attached hydrogens (primary N) is 1. The molecule has 0 fully saturated rings. The molecule has 0 spiro atoms. The zero-order valence-electron chi connectivity index (χ0n) is 9.38. The summed E-state index contributed by atoms with van der Waals surface area (Å²) in [6, 6.07) is 9.97. The Balaban J connectivity index is 2.39. The predicted octanol–water partition coefficient (Wildman–Crippen LogP) is 2.14. The van der Waals surface area contributed by atoms with E-state index in [1.54, 1.807) is 6.20 Å². The minimum Gasteiger partial charge on any atom is -0.368 e. The van der Waals surface area contributed by atoms with Gasteiger partial charge in [-0.3, -0.25) is 0 Å². The Bertz CT molecular complexity index is 496. The fourth-order valence-electron chi connectivity index (χ4n) is 1.61. The van der Waals surface area contributed by atoms with E-state index in [4.69, 9.17) is 5.73 Å². The summed E-state index contributed by atoms with van der Waals surface area (Å²) in [5, 5.41) is 0. The average molecular weight is 214 g/mol. The smallest absolute Gasteiger partial charge is 0.221 e. The highest BCUT2D eigenvalue weighted by molar-refractivity contribution is 5.63. The fourth-order valence-corrected chi connectivity index (χ4v) is 1.61. The summed E-state index contributed by atoms with van der Waals surface area (Å²) >= 11 is 0. The third-order valence-electron chi connectivity index (χ3n) is 2.48. The van der Waals surface area contributed by atoms with Crippen LogP contribution in [0.4, 0.5) is 17.5 Å². The quantitative estimate of drug-likeness (QED) is 0.832. The molecule has 0 atom stereocenters. The van der Waals surface area contributed by atoms with E-state index >= 15 is 0 Å². The molecule has 0 amide bonds. The van der Waals surface area contributed by atoms with Gasteiger partial charge in [-0.25, -0.2) is 4.98 Å². The highest BCUT2D eigenvalue weighted by atomic mass is 15.2. The summed E-state index contributed by atoms with van der Waals surface area (Å²) in [5.74, 6) is 1.08. The number of benzene rings is 1. The van der Waals surface area contributed by atoms with E-state index in [9.17, 15) is 0 Å². The van der Waals surface area contributed by atoms with E-state index in [2.05, 4.69) is 23.0 Å². The Morgan fingerprint density at radius 3 is 2.62 bits per heavy atom. The number of aryl methyl sites for hydroxylation is 1. The van der Waals surface area contributed by atoms with Gasteiger partial charge in [0.15, 0.2) is 0 Å². The topological polar surface area (TPSA) is 55.0 Å². The van der Waals surface area contributed by atoms with Crippen LogP contribution < -0.4 is 10.6 Å². The molecule has 1 aromatic carbocycles. The Morgan fingerprint density at radius 1 is 1.19 bits per heavy atom. The van der Waals surface area contributed by atoms with Crippen molar-refractivity contribution in [2.45, 2.75) is 6.92 Å². The van der Waals surface area contributed by atoms with E-state index in [0.717, 1.165) is 11.5 Å². The van der Waals surface area contributed by atoms with Gasteiger partial charge >= 0.3 is 0 Å². The van der Waals surface area contributed by atoms with Gasteiger partial charge in [-0.05, 0) is 24.6 Å². The summed E-state index contributed by atoms with van der Waals surface area (Å²) in [4.78, 5) is 10.1. The normalized spacial score (nSPS) is 10.1. The number of nitrogens with zero attached hydrogens (tertiary/aromatic N) is 3. The lowest BCUT2D eigenvalue weighted by Gasteiger charge is -2.20. The Labute approximate surface area is 94.8 Å². The van der Waals surface area contributed by atoms with Gasteiger partial charge in [0.2, 0.25) is 5.95 Å². The van der Waals surface area contributed by atoms with E-state index in [0.29, 0.717) is 0 Å². The first kappa shape index (κ1) is 10.4. The van der Waals surface area contributed by atoms with E-state index in [1.807, 2.05) is 36.2 Å². The second-order valence-corrected chi connectivity index (χ2v) is 3.62. The number of anilines is 3. The van der Waals surface area contributed by atoms with Crippen molar-refractivity contribution < 1.29 is 0 Å². The molecule has 4 nitrogen and oxygen atoms in total. The summed E-state index contributed by atoms with van der Waals surface area (Å²) < 4.78 is 0. The molecular formula is C12H14N4. The number of hydrogen-bond acceptors (Lipinski definition) is 4. The maximum Gasteiger partial charge on any atom is 0.221 e. The molecule has 4 heteroatoms. The maximum atomic E-state index is 5.56. The van der Waals surface area contributed by atoms with Gasteiger partial charge in [0.25, 0.3) is 0 Å². The van der Waals surface area contributed by atoms with Crippen LogP contribution in [0, 0.1) is 6.92 Å². The number of nitrogen functional groups attached to an aromatic ring is 1. The lowest BCUT2D eigenvalue weighted by molar-refractivity contribution is 1.08. The van der Waals surface area contributed by atoms with Crippen LogP contribution in [0.15, 0.2) is 36.5 Å². The first-order chi connectivity index (χ1) is 7.68. The zero-order valence-corrected chi connectivity index (χ0v) is 9.38. The molecule has 2 aromatic rings. The molecule has 0 radical (unpaired) electrons. The molecule has 2 N–H and O–H groups in total. The van der Waals surface area contributed by atoms with Crippen LogP contribution in [-0.4, -0.2) is 17.0 Å². The fraction of sp³-hybridized carbons (Fsp3) is 0.167. The Morgan fingerprint density at radius 2 is 1.94 bits per heavy atom. The molecule has 0 aliphatic carbocycles. The summed E-state index contributed by atoms with van der Waals surface area (Å²) in [7, 11) is 1.96. The van der Waals surface area contributed by atoms with Gasteiger partial charge in [0, 0.05) is 18.9 Å². The second-order valence-electron chi connectivity index (χ2n) is 3.62. The molecule has 16 heavy (non-hydrogen) atoms. The molecule has 0 aliphatic heterocycles. The van der Waals surface area contributed by atoms with Crippen molar-refractivity contribution in [2.24, 2.45) is 0 Å². The summed E-state index contributed by atoms with van der Waals surface area (Å²) in [6.45, 7) is 2.07. The molecule has 0 saturated heterocycles. The van der Waals surface area contributed by atoms with Crippen LogP contribution in [0.5, 0.6) is 0 Å². The van der Waals surface area contributed by atoms with Gasteiger partial charge in [-0.15, -0.1) is 0 Å².